The molecule has 0 saturated heterocycles. The summed E-state index contributed by atoms with van der Waals surface area (Å²) < 4.78 is 15.9. The van der Waals surface area contributed by atoms with Crippen molar-refractivity contribution in [3.63, 3.8) is 0 Å². The van der Waals surface area contributed by atoms with Crippen molar-refractivity contribution >= 4 is 5.91 Å². The molecule has 25 heavy (non-hydrogen) atoms. The van der Waals surface area contributed by atoms with E-state index >= 15 is 0 Å². The second-order valence-corrected chi connectivity index (χ2v) is 6.09. The molecule has 3 rings (SSSR count). The molecule has 1 aromatic carbocycles. The van der Waals surface area contributed by atoms with E-state index in [1.54, 1.807) is 47.1 Å². The van der Waals surface area contributed by atoms with Crippen LogP contribution in [0.3, 0.4) is 0 Å². The zero-order valence-corrected chi connectivity index (χ0v) is 14.5. The molecular formula is C20H20FN3O. The predicted molar refractivity (Wildman–Crippen MR) is 95.2 cm³/mol. The normalized spacial score (nSPS) is 10.7. The van der Waals surface area contributed by atoms with E-state index < -0.39 is 0 Å². The number of carbonyl (C=O) groups excluding carboxylic acids is 1. The summed E-state index contributed by atoms with van der Waals surface area (Å²) in [6.45, 7) is 4.18. The molecule has 0 radical (unpaired) electrons. The van der Waals surface area contributed by atoms with Crippen LogP contribution in [-0.4, -0.2) is 27.4 Å². The van der Waals surface area contributed by atoms with Crippen LogP contribution in [0.2, 0.25) is 0 Å². The molecule has 0 saturated carbocycles. The summed E-state index contributed by atoms with van der Waals surface area (Å²) >= 11 is 0. The number of hydrogen-bond acceptors (Lipinski definition) is 2. The van der Waals surface area contributed by atoms with Gasteiger partial charge in [-0.1, -0.05) is 18.2 Å². The Morgan fingerprint density at radius 1 is 1.20 bits per heavy atom. The Balaban J connectivity index is 1.92. The lowest BCUT2D eigenvalue weighted by atomic mass is 10.2. The van der Waals surface area contributed by atoms with Crippen LogP contribution in [0, 0.1) is 19.7 Å². The highest BCUT2D eigenvalue weighted by atomic mass is 19.1. The SMILES string of the molecule is Cc1cc(C(=O)N(C)Cc2cccnc2)c(C)n1-c1ccccc1F. The molecule has 2 heterocycles. The van der Waals surface area contributed by atoms with Crippen LogP contribution in [0.5, 0.6) is 0 Å². The van der Waals surface area contributed by atoms with Gasteiger partial charge in [0.2, 0.25) is 0 Å². The molecule has 0 atom stereocenters. The van der Waals surface area contributed by atoms with Gasteiger partial charge in [0.15, 0.2) is 0 Å². The Morgan fingerprint density at radius 3 is 2.64 bits per heavy atom. The van der Waals surface area contributed by atoms with Gasteiger partial charge in [0.05, 0.1) is 11.3 Å². The molecular weight excluding hydrogens is 317 g/mol. The number of hydrogen-bond donors (Lipinski definition) is 0. The standard InChI is InChI=1S/C20H20FN3O/c1-14-11-17(15(2)24(14)19-9-5-4-8-18(19)21)20(25)23(3)13-16-7-6-10-22-12-16/h4-12H,13H2,1-3H3. The molecule has 3 aromatic rings. The molecule has 0 aliphatic carbocycles. The van der Waals surface area contributed by atoms with E-state index in [0.29, 0.717) is 17.8 Å². The predicted octanol–water partition coefficient (Wildman–Crippen LogP) is 3.90. The van der Waals surface area contributed by atoms with E-state index in [9.17, 15) is 9.18 Å². The molecule has 0 N–H and O–H groups in total. The summed E-state index contributed by atoms with van der Waals surface area (Å²) in [7, 11) is 1.75. The summed E-state index contributed by atoms with van der Waals surface area (Å²) in [5, 5.41) is 0. The van der Waals surface area contributed by atoms with Gasteiger partial charge in [0.25, 0.3) is 5.91 Å². The zero-order chi connectivity index (χ0) is 18.0. The van der Waals surface area contributed by atoms with Gasteiger partial charge in [0, 0.05) is 37.4 Å². The topological polar surface area (TPSA) is 38.1 Å². The first-order chi connectivity index (χ1) is 12.0. The van der Waals surface area contributed by atoms with Crippen molar-refractivity contribution in [1.29, 1.82) is 0 Å². The number of carbonyl (C=O) groups is 1. The van der Waals surface area contributed by atoms with Crippen LogP contribution in [-0.2, 0) is 6.54 Å². The minimum atomic E-state index is -0.313. The number of amides is 1. The van der Waals surface area contributed by atoms with Gasteiger partial charge in [-0.2, -0.15) is 0 Å². The lowest BCUT2D eigenvalue weighted by Crippen LogP contribution is -2.26. The van der Waals surface area contributed by atoms with Gasteiger partial charge < -0.3 is 9.47 Å². The van der Waals surface area contributed by atoms with Gasteiger partial charge in [-0.15, -0.1) is 0 Å². The van der Waals surface area contributed by atoms with E-state index in [1.165, 1.54) is 6.07 Å². The Labute approximate surface area is 146 Å². The second kappa shape index (κ2) is 6.89. The van der Waals surface area contributed by atoms with Crippen LogP contribution in [0.4, 0.5) is 4.39 Å². The maximum atomic E-state index is 14.2. The maximum Gasteiger partial charge on any atom is 0.255 e. The number of pyridine rings is 1. The molecule has 4 nitrogen and oxygen atoms in total. The zero-order valence-electron chi connectivity index (χ0n) is 14.5. The van der Waals surface area contributed by atoms with Crippen LogP contribution in [0.15, 0.2) is 54.9 Å². The second-order valence-electron chi connectivity index (χ2n) is 6.09. The number of rotatable bonds is 4. The Bertz CT molecular complexity index is 903. The monoisotopic (exact) mass is 337 g/mol. The van der Waals surface area contributed by atoms with Gasteiger partial charge in [-0.3, -0.25) is 9.78 Å². The highest BCUT2D eigenvalue weighted by Gasteiger charge is 2.21. The number of aryl methyl sites for hydroxylation is 1. The van der Waals surface area contributed by atoms with Gasteiger partial charge in [-0.05, 0) is 43.7 Å². The molecule has 0 aliphatic heterocycles. The fraction of sp³-hybridized carbons (Fsp3) is 0.200. The number of benzene rings is 1. The van der Waals surface area contributed by atoms with Crippen LogP contribution >= 0.6 is 0 Å². The summed E-state index contributed by atoms with van der Waals surface area (Å²) in [5.41, 5.74) is 3.53. The molecule has 5 heteroatoms. The van der Waals surface area contributed by atoms with E-state index in [4.69, 9.17) is 0 Å². The number of aromatic nitrogens is 2. The lowest BCUT2D eigenvalue weighted by molar-refractivity contribution is 0.0784. The van der Waals surface area contributed by atoms with E-state index in [0.717, 1.165) is 17.0 Å². The largest absolute Gasteiger partial charge is 0.337 e. The van der Waals surface area contributed by atoms with Crippen molar-refractivity contribution in [2.45, 2.75) is 20.4 Å². The van der Waals surface area contributed by atoms with Gasteiger partial charge in [0.1, 0.15) is 5.82 Å². The maximum absolute atomic E-state index is 14.2. The van der Waals surface area contributed by atoms with Gasteiger partial charge >= 0.3 is 0 Å². The van der Waals surface area contributed by atoms with E-state index in [-0.39, 0.29) is 11.7 Å². The van der Waals surface area contributed by atoms with Crippen LogP contribution in [0.25, 0.3) is 5.69 Å². The third-order valence-corrected chi connectivity index (χ3v) is 4.24. The first-order valence-electron chi connectivity index (χ1n) is 8.07. The van der Waals surface area contributed by atoms with Crippen molar-refractivity contribution in [2.75, 3.05) is 7.05 Å². The third-order valence-electron chi connectivity index (χ3n) is 4.24. The van der Waals surface area contributed by atoms with Gasteiger partial charge in [-0.25, -0.2) is 4.39 Å². The minimum Gasteiger partial charge on any atom is -0.337 e. The Hall–Kier alpha value is -2.95. The van der Waals surface area contributed by atoms with Crippen molar-refractivity contribution in [2.24, 2.45) is 0 Å². The first-order valence-corrected chi connectivity index (χ1v) is 8.07. The molecule has 0 bridgehead atoms. The van der Waals surface area contributed by atoms with Crippen molar-refractivity contribution in [3.05, 3.63) is 83.2 Å². The summed E-state index contributed by atoms with van der Waals surface area (Å²) in [6, 6.07) is 12.2. The fourth-order valence-corrected chi connectivity index (χ4v) is 3.03. The summed E-state index contributed by atoms with van der Waals surface area (Å²) in [6.07, 6.45) is 3.44. The smallest absolute Gasteiger partial charge is 0.255 e. The average Bonchev–Trinajstić information content (AvgIpc) is 2.90. The first kappa shape index (κ1) is 16.9. The van der Waals surface area contributed by atoms with E-state index in [1.807, 2.05) is 32.0 Å². The average molecular weight is 337 g/mol. The minimum absolute atomic E-state index is 0.0976. The van der Waals surface area contributed by atoms with E-state index in [2.05, 4.69) is 4.98 Å². The van der Waals surface area contributed by atoms with Crippen LogP contribution in [0.1, 0.15) is 27.3 Å². The summed E-state index contributed by atoms with van der Waals surface area (Å²) in [4.78, 5) is 18.6. The highest BCUT2D eigenvalue weighted by Crippen LogP contribution is 2.24. The molecule has 0 fully saturated rings. The summed E-state index contributed by atoms with van der Waals surface area (Å²) in [5.74, 6) is -0.411. The molecule has 0 spiro atoms. The molecule has 2 aromatic heterocycles. The lowest BCUT2D eigenvalue weighted by Gasteiger charge is -2.17. The van der Waals surface area contributed by atoms with Crippen molar-refractivity contribution in [3.8, 4) is 5.69 Å². The highest BCUT2D eigenvalue weighted by molar-refractivity contribution is 5.95. The quantitative estimate of drug-likeness (QED) is 0.724. The number of halogens is 1. The fourth-order valence-electron chi connectivity index (χ4n) is 3.03. The number of nitrogens with zero attached hydrogens (tertiary/aromatic N) is 3. The Morgan fingerprint density at radius 2 is 1.96 bits per heavy atom. The van der Waals surface area contributed by atoms with Crippen molar-refractivity contribution in [1.82, 2.24) is 14.5 Å². The molecule has 128 valence electrons. The molecule has 0 aliphatic rings. The number of para-hydroxylation sites is 1. The van der Waals surface area contributed by atoms with Crippen molar-refractivity contribution < 1.29 is 9.18 Å². The molecule has 1 amide bonds. The Kier molecular flexibility index (Phi) is 4.65. The molecule has 0 unspecified atom stereocenters. The van der Waals surface area contributed by atoms with Crippen LogP contribution < -0.4 is 0 Å². The third kappa shape index (κ3) is 3.31.